The van der Waals surface area contributed by atoms with Gasteiger partial charge in [-0.2, -0.15) is 0 Å². The monoisotopic (exact) mass is 265 g/mol. The molecule has 0 heterocycles. The van der Waals surface area contributed by atoms with Crippen LogP contribution in [0.2, 0.25) is 0 Å². The van der Waals surface area contributed by atoms with Crippen molar-refractivity contribution in [1.29, 1.82) is 0 Å². The fourth-order valence-corrected chi connectivity index (χ4v) is 2.15. The summed E-state index contributed by atoms with van der Waals surface area (Å²) in [5.74, 6) is 0. The molecule has 0 aromatic heterocycles. The lowest BCUT2D eigenvalue weighted by molar-refractivity contribution is 0.400. The first-order valence-electron chi connectivity index (χ1n) is 7.21. The number of aryl methyl sites for hydroxylation is 1. The lowest BCUT2D eigenvalue weighted by Crippen LogP contribution is -2.13. The van der Waals surface area contributed by atoms with Crippen molar-refractivity contribution in [3.63, 3.8) is 0 Å². The molecule has 0 unspecified atom stereocenters. The number of hydrogen-bond donors (Lipinski definition) is 0. The van der Waals surface area contributed by atoms with Crippen LogP contribution in [0.25, 0.3) is 12.2 Å². The first-order valence-corrected chi connectivity index (χ1v) is 7.21. The van der Waals surface area contributed by atoms with E-state index in [1.54, 1.807) is 0 Å². The normalized spacial score (nSPS) is 11.3. The van der Waals surface area contributed by atoms with E-state index in [-0.39, 0.29) is 0 Å². The molecule has 2 aromatic rings. The largest absolute Gasteiger partial charge is 0.309 e. The second-order valence-corrected chi connectivity index (χ2v) is 5.39. The molecule has 0 saturated heterocycles. The summed E-state index contributed by atoms with van der Waals surface area (Å²) in [6.07, 6.45) is 6.69. The summed E-state index contributed by atoms with van der Waals surface area (Å²) in [4.78, 5) is 2.23. The highest BCUT2D eigenvalue weighted by Crippen LogP contribution is 2.11. The van der Waals surface area contributed by atoms with Gasteiger partial charge < -0.3 is 4.90 Å². The zero-order valence-electron chi connectivity index (χ0n) is 12.4. The van der Waals surface area contributed by atoms with Crippen molar-refractivity contribution in [3.8, 4) is 0 Å². The van der Waals surface area contributed by atoms with E-state index in [1.165, 1.54) is 23.1 Å². The molecule has 2 aromatic carbocycles. The van der Waals surface area contributed by atoms with Crippen molar-refractivity contribution < 1.29 is 0 Å². The average Bonchev–Trinajstić information content (AvgIpc) is 2.47. The first-order chi connectivity index (χ1) is 9.74. The van der Waals surface area contributed by atoms with Crippen LogP contribution in [0, 0.1) is 0 Å². The van der Waals surface area contributed by atoms with Gasteiger partial charge in [0.1, 0.15) is 0 Å². The van der Waals surface area contributed by atoms with E-state index in [0.717, 1.165) is 13.0 Å². The summed E-state index contributed by atoms with van der Waals surface area (Å²) < 4.78 is 0. The minimum atomic E-state index is 1.15. The van der Waals surface area contributed by atoms with Crippen molar-refractivity contribution in [2.45, 2.75) is 12.8 Å². The highest BCUT2D eigenvalue weighted by molar-refractivity contribution is 5.69. The van der Waals surface area contributed by atoms with Crippen LogP contribution in [0.5, 0.6) is 0 Å². The molecule has 1 nitrogen and oxygen atoms in total. The van der Waals surface area contributed by atoms with Crippen molar-refractivity contribution in [2.75, 3.05) is 20.6 Å². The molecule has 20 heavy (non-hydrogen) atoms. The van der Waals surface area contributed by atoms with Gasteiger partial charge >= 0.3 is 0 Å². The standard InChI is InChI=1S/C19H23N/c1-20(2)16-6-9-18-11-14-19(15-12-18)13-10-17-7-4-3-5-8-17/h3-5,7-8,10-15H,6,9,16H2,1-2H3/b13-10+. The number of nitrogens with zero attached hydrogens (tertiary/aromatic N) is 1. The Bertz CT molecular complexity index is 523. The Hall–Kier alpha value is -1.86. The maximum Gasteiger partial charge on any atom is -0.00217 e. The summed E-state index contributed by atoms with van der Waals surface area (Å²) in [5, 5.41) is 0. The van der Waals surface area contributed by atoms with Gasteiger partial charge in [-0.05, 0) is 50.2 Å². The van der Waals surface area contributed by atoms with Gasteiger partial charge in [0.25, 0.3) is 0 Å². The second kappa shape index (κ2) is 7.66. The third kappa shape index (κ3) is 5.02. The Labute approximate surface area is 122 Å². The maximum atomic E-state index is 2.24. The summed E-state index contributed by atoms with van der Waals surface area (Å²) in [6, 6.07) is 19.3. The molecule has 0 amide bonds. The molecule has 0 bridgehead atoms. The lowest BCUT2D eigenvalue weighted by atomic mass is 10.1. The molecule has 0 N–H and O–H groups in total. The second-order valence-electron chi connectivity index (χ2n) is 5.39. The third-order valence-corrected chi connectivity index (χ3v) is 3.32. The van der Waals surface area contributed by atoms with Gasteiger partial charge in [0, 0.05) is 0 Å². The first kappa shape index (κ1) is 14.5. The number of benzene rings is 2. The van der Waals surface area contributed by atoms with E-state index in [1.807, 2.05) is 6.07 Å². The molecule has 2 rings (SSSR count). The van der Waals surface area contributed by atoms with E-state index in [2.05, 4.69) is 79.7 Å². The minimum Gasteiger partial charge on any atom is -0.309 e. The van der Waals surface area contributed by atoms with E-state index in [9.17, 15) is 0 Å². The topological polar surface area (TPSA) is 3.24 Å². The van der Waals surface area contributed by atoms with Gasteiger partial charge in [0.15, 0.2) is 0 Å². The molecule has 0 aliphatic heterocycles. The Morgan fingerprint density at radius 2 is 1.40 bits per heavy atom. The molecular formula is C19H23N. The number of rotatable bonds is 6. The highest BCUT2D eigenvalue weighted by Gasteiger charge is 1.95. The van der Waals surface area contributed by atoms with Crippen LogP contribution in [-0.2, 0) is 6.42 Å². The predicted molar refractivity (Wildman–Crippen MR) is 88.7 cm³/mol. The van der Waals surface area contributed by atoms with Crippen LogP contribution in [-0.4, -0.2) is 25.5 Å². The molecule has 0 aliphatic rings. The van der Waals surface area contributed by atoms with Crippen LogP contribution in [0.3, 0.4) is 0 Å². The molecule has 0 atom stereocenters. The summed E-state index contributed by atoms with van der Waals surface area (Å²) >= 11 is 0. The zero-order chi connectivity index (χ0) is 14.2. The third-order valence-electron chi connectivity index (χ3n) is 3.32. The summed E-state index contributed by atoms with van der Waals surface area (Å²) in [7, 11) is 4.24. The van der Waals surface area contributed by atoms with Gasteiger partial charge in [-0.25, -0.2) is 0 Å². The Morgan fingerprint density at radius 1 is 0.800 bits per heavy atom. The van der Waals surface area contributed by atoms with E-state index >= 15 is 0 Å². The number of hydrogen-bond acceptors (Lipinski definition) is 1. The lowest BCUT2D eigenvalue weighted by Gasteiger charge is -2.08. The molecule has 0 radical (unpaired) electrons. The van der Waals surface area contributed by atoms with E-state index < -0.39 is 0 Å². The summed E-state index contributed by atoms with van der Waals surface area (Å²) in [5.41, 5.74) is 3.91. The molecule has 1 heteroatoms. The van der Waals surface area contributed by atoms with Crippen molar-refractivity contribution in [3.05, 3.63) is 71.3 Å². The van der Waals surface area contributed by atoms with Gasteiger partial charge in [0.2, 0.25) is 0 Å². The smallest absolute Gasteiger partial charge is 0.00217 e. The van der Waals surface area contributed by atoms with Crippen LogP contribution in [0.15, 0.2) is 54.6 Å². The molecule has 0 spiro atoms. The molecular weight excluding hydrogens is 242 g/mol. The van der Waals surface area contributed by atoms with Gasteiger partial charge in [-0.1, -0.05) is 66.7 Å². The Kier molecular flexibility index (Phi) is 5.57. The minimum absolute atomic E-state index is 1.15. The van der Waals surface area contributed by atoms with E-state index in [4.69, 9.17) is 0 Å². The van der Waals surface area contributed by atoms with Crippen molar-refractivity contribution in [1.82, 2.24) is 4.90 Å². The summed E-state index contributed by atoms with van der Waals surface area (Å²) in [6.45, 7) is 1.15. The van der Waals surface area contributed by atoms with Crippen molar-refractivity contribution >= 4 is 12.2 Å². The fraction of sp³-hybridized carbons (Fsp3) is 0.263. The van der Waals surface area contributed by atoms with Crippen LogP contribution >= 0.6 is 0 Å². The van der Waals surface area contributed by atoms with Gasteiger partial charge in [-0.15, -0.1) is 0 Å². The van der Waals surface area contributed by atoms with Crippen molar-refractivity contribution in [2.24, 2.45) is 0 Å². The molecule has 104 valence electrons. The van der Waals surface area contributed by atoms with Gasteiger partial charge in [-0.3, -0.25) is 0 Å². The molecule has 0 fully saturated rings. The Balaban J connectivity index is 1.90. The van der Waals surface area contributed by atoms with Crippen LogP contribution in [0.4, 0.5) is 0 Å². The van der Waals surface area contributed by atoms with Gasteiger partial charge in [0.05, 0.1) is 0 Å². The molecule has 0 aliphatic carbocycles. The highest BCUT2D eigenvalue weighted by atomic mass is 15.0. The fourth-order valence-electron chi connectivity index (χ4n) is 2.15. The zero-order valence-corrected chi connectivity index (χ0v) is 12.4. The maximum absolute atomic E-state index is 2.24. The Morgan fingerprint density at radius 3 is 2.00 bits per heavy atom. The van der Waals surface area contributed by atoms with Crippen LogP contribution < -0.4 is 0 Å². The van der Waals surface area contributed by atoms with Crippen LogP contribution in [0.1, 0.15) is 23.1 Å². The SMILES string of the molecule is CN(C)CCCc1ccc(/C=C/c2ccccc2)cc1. The molecule has 0 saturated carbocycles. The average molecular weight is 265 g/mol. The van der Waals surface area contributed by atoms with E-state index in [0.29, 0.717) is 0 Å². The predicted octanol–water partition coefficient (Wildman–Crippen LogP) is 4.35. The quantitative estimate of drug-likeness (QED) is 0.702.